The van der Waals surface area contributed by atoms with Crippen LogP contribution in [0.4, 0.5) is 0 Å². The highest BCUT2D eigenvalue weighted by atomic mass is 15.4. The third kappa shape index (κ3) is 1.42. The molecule has 1 heterocycles. The lowest BCUT2D eigenvalue weighted by atomic mass is 10.1. The first-order chi connectivity index (χ1) is 5.16. The standard InChI is InChI=1S/C8H15N3/c1-5-7-8(6(2)3)9-10-11(7)4/h6H,5H2,1-4H3. The Morgan fingerprint density at radius 2 is 2.09 bits per heavy atom. The maximum absolute atomic E-state index is 4.10. The van der Waals surface area contributed by atoms with Gasteiger partial charge in [-0.15, -0.1) is 5.10 Å². The van der Waals surface area contributed by atoms with Crippen molar-refractivity contribution in [3.8, 4) is 0 Å². The Hall–Kier alpha value is -0.860. The molecule has 0 fully saturated rings. The lowest BCUT2D eigenvalue weighted by Crippen LogP contribution is -1.99. The smallest absolute Gasteiger partial charge is 0.0884 e. The van der Waals surface area contributed by atoms with Gasteiger partial charge in [0.2, 0.25) is 0 Å². The molecule has 1 aromatic heterocycles. The largest absolute Gasteiger partial charge is 0.252 e. The van der Waals surface area contributed by atoms with E-state index in [4.69, 9.17) is 0 Å². The predicted molar refractivity (Wildman–Crippen MR) is 44.5 cm³/mol. The molecule has 1 aromatic rings. The normalized spacial score (nSPS) is 11.0. The Morgan fingerprint density at radius 1 is 1.45 bits per heavy atom. The number of hydrogen-bond acceptors (Lipinski definition) is 2. The second-order valence-corrected chi connectivity index (χ2v) is 3.05. The molecule has 0 N–H and O–H groups in total. The summed E-state index contributed by atoms with van der Waals surface area (Å²) < 4.78 is 1.86. The summed E-state index contributed by atoms with van der Waals surface area (Å²) in [4.78, 5) is 0. The van der Waals surface area contributed by atoms with Crippen molar-refractivity contribution < 1.29 is 0 Å². The van der Waals surface area contributed by atoms with E-state index in [2.05, 4.69) is 31.1 Å². The van der Waals surface area contributed by atoms with Crippen LogP contribution in [0.1, 0.15) is 38.1 Å². The van der Waals surface area contributed by atoms with Crippen LogP contribution in [0.15, 0.2) is 0 Å². The molecule has 3 nitrogen and oxygen atoms in total. The fourth-order valence-electron chi connectivity index (χ4n) is 1.25. The van der Waals surface area contributed by atoms with Crippen LogP contribution in [-0.2, 0) is 13.5 Å². The number of aromatic nitrogens is 3. The summed E-state index contributed by atoms with van der Waals surface area (Å²) in [6, 6.07) is 0. The molecular formula is C8H15N3. The van der Waals surface area contributed by atoms with Gasteiger partial charge in [-0.25, -0.2) is 0 Å². The monoisotopic (exact) mass is 153 g/mol. The van der Waals surface area contributed by atoms with Crippen LogP contribution in [0, 0.1) is 0 Å². The van der Waals surface area contributed by atoms with Gasteiger partial charge in [0, 0.05) is 7.05 Å². The molecule has 62 valence electrons. The lowest BCUT2D eigenvalue weighted by Gasteiger charge is -2.02. The van der Waals surface area contributed by atoms with Gasteiger partial charge in [0.15, 0.2) is 0 Å². The lowest BCUT2D eigenvalue weighted by molar-refractivity contribution is 0.682. The second-order valence-electron chi connectivity index (χ2n) is 3.05. The van der Waals surface area contributed by atoms with Gasteiger partial charge in [-0.3, -0.25) is 4.68 Å². The van der Waals surface area contributed by atoms with Crippen LogP contribution >= 0.6 is 0 Å². The van der Waals surface area contributed by atoms with Crippen molar-refractivity contribution >= 4 is 0 Å². The molecule has 0 radical (unpaired) electrons. The highest BCUT2D eigenvalue weighted by molar-refractivity contribution is 5.13. The van der Waals surface area contributed by atoms with Crippen molar-refractivity contribution in [3.63, 3.8) is 0 Å². The minimum absolute atomic E-state index is 0.485. The summed E-state index contributed by atoms with van der Waals surface area (Å²) in [7, 11) is 1.94. The molecule has 3 heteroatoms. The number of nitrogens with zero attached hydrogens (tertiary/aromatic N) is 3. The van der Waals surface area contributed by atoms with Crippen LogP contribution < -0.4 is 0 Å². The Balaban J connectivity index is 3.05. The molecular weight excluding hydrogens is 138 g/mol. The van der Waals surface area contributed by atoms with Crippen molar-refractivity contribution in [3.05, 3.63) is 11.4 Å². The van der Waals surface area contributed by atoms with Gasteiger partial charge in [0.05, 0.1) is 11.4 Å². The first kappa shape index (κ1) is 8.24. The maximum atomic E-state index is 4.10. The quantitative estimate of drug-likeness (QED) is 0.644. The summed E-state index contributed by atoms with van der Waals surface area (Å²) in [5.41, 5.74) is 2.38. The average Bonchev–Trinajstić information content (AvgIpc) is 2.30. The summed E-state index contributed by atoms with van der Waals surface area (Å²) in [5, 5.41) is 8.07. The minimum atomic E-state index is 0.485. The predicted octanol–water partition coefficient (Wildman–Crippen LogP) is 1.50. The zero-order chi connectivity index (χ0) is 8.43. The molecule has 0 spiro atoms. The van der Waals surface area contributed by atoms with Crippen molar-refractivity contribution in [1.29, 1.82) is 0 Å². The Bertz CT molecular complexity index is 237. The highest BCUT2D eigenvalue weighted by Gasteiger charge is 2.10. The van der Waals surface area contributed by atoms with Crippen molar-refractivity contribution in [2.24, 2.45) is 7.05 Å². The topological polar surface area (TPSA) is 30.7 Å². The van der Waals surface area contributed by atoms with Crippen LogP contribution in [0.2, 0.25) is 0 Å². The molecule has 0 saturated heterocycles. The van der Waals surface area contributed by atoms with E-state index >= 15 is 0 Å². The molecule has 0 aliphatic carbocycles. The van der Waals surface area contributed by atoms with Gasteiger partial charge in [-0.1, -0.05) is 26.0 Å². The Labute approximate surface area is 67.4 Å². The molecule has 0 atom stereocenters. The third-order valence-electron chi connectivity index (χ3n) is 1.85. The fraction of sp³-hybridized carbons (Fsp3) is 0.750. The Morgan fingerprint density at radius 3 is 2.45 bits per heavy atom. The summed E-state index contributed by atoms with van der Waals surface area (Å²) in [6.45, 7) is 6.41. The molecule has 0 bridgehead atoms. The van der Waals surface area contributed by atoms with Crippen molar-refractivity contribution in [1.82, 2.24) is 15.0 Å². The van der Waals surface area contributed by atoms with E-state index < -0.39 is 0 Å². The average molecular weight is 153 g/mol. The molecule has 0 amide bonds. The van der Waals surface area contributed by atoms with Crippen molar-refractivity contribution in [2.75, 3.05) is 0 Å². The molecule has 0 saturated carbocycles. The van der Waals surface area contributed by atoms with Gasteiger partial charge >= 0.3 is 0 Å². The van der Waals surface area contributed by atoms with Crippen LogP contribution in [0.25, 0.3) is 0 Å². The number of aryl methyl sites for hydroxylation is 1. The van der Waals surface area contributed by atoms with E-state index in [1.54, 1.807) is 0 Å². The fourth-order valence-corrected chi connectivity index (χ4v) is 1.25. The van der Waals surface area contributed by atoms with Gasteiger partial charge in [0.1, 0.15) is 0 Å². The van der Waals surface area contributed by atoms with Gasteiger partial charge in [-0.2, -0.15) is 0 Å². The van der Waals surface area contributed by atoms with E-state index in [1.807, 2.05) is 11.7 Å². The van der Waals surface area contributed by atoms with E-state index in [0.717, 1.165) is 12.1 Å². The molecule has 11 heavy (non-hydrogen) atoms. The van der Waals surface area contributed by atoms with Crippen LogP contribution in [-0.4, -0.2) is 15.0 Å². The van der Waals surface area contributed by atoms with E-state index in [-0.39, 0.29) is 0 Å². The van der Waals surface area contributed by atoms with E-state index in [0.29, 0.717) is 5.92 Å². The summed E-state index contributed by atoms with van der Waals surface area (Å²) in [5.74, 6) is 0.485. The molecule has 0 aromatic carbocycles. The van der Waals surface area contributed by atoms with Gasteiger partial charge in [0.25, 0.3) is 0 Å². The molecule has 0 aliphatic heterocycles. The number of hydrogen-bond donors (Lipinski definition) is 0. The van der Waals surface area contributed by atoms with E-state index in [9.17, 15) is 0 Å². The third-order valence-corrected chi connectivity index (χ3v) is 1.85. The van der Waals surface area contributed by atoms with Crippen LogP contribution in [0.3, 0.4) is 0 Å². The first-order valence-corrected chi connectivity index (χ1v) is 4.05. The zero-order valence-corrected chi connectivity index (χ0v) is 7.63. The summed E-state index contributed by atoms with van der Waals surface area (Å²) >= 11 is 0. The number of rotatable bonds is 2. The van der Waals surface area contributed by atoms with Crippen molar-refractivity contribution in [2.45, 2.75) is 33.1 Å². The van der Waals surface area contributed by atoms with Gasteiger partial charge < -0.3 is 0 Å². The summed E-state index contributed by atoms with van der Waals surface area (Å²) in [6.07, 6.45) is 1.01. The molecule has 1 rings (SSSR count). The van der Waals surface area contributed by atoms with Gasteiger partial charge in [-0.05, 0) is 12.3 Å². The minimum Gasteiger partial charge on any atom is -0.252 e. The zero-order valence-electron chi connectivity index (χ0n) is 7.63. The Kier molecular flexibility index (Phi) is 2.27. The maximum Gasteiger partial charge on any atom is 0.0884 e. The van der Waals surface area contributed by atoms with E-state index in [1.165, 1.54) is 5.69 Å². The SMILES string of the molecule is CCc1c(C(C)C)nnn1C. The molecule has 0 aliphatic rings. The highest BCUT2D eigenvalue weighted by Crippen LogP contribution is 2.15. The van der Waals surface area contributed by atoms with Crippen LogP contribution in [0.5, 0.6) is 0 Å². The second kappa shape index (κ2) is 3.03. The first-order valence-electron chi connectivity index (χ1n) is 4.05. The molecule has 0 unspecified atom stereocenters.